The molecule has 3 amide bonds. The molecule has 8 nitrogen and oxygen atoms in total. The first kappa shape index (κ1) is 23.0. The molecule has 1 aliphatic heterocycles. The van der Waals surface area contributed by atoms with Crippen molar-refractivity contribution >= 4 is 29.1 Å². The van der Waals surface area contributed by atoms with Crippen LogP contribution in [0.15, 0.2) is 18.2 Å². The average Bonchev–Trinajstić information content (AvgIpc) is 2.66. The van der Waals surface area contributed by atoms with E-state index >= 15 is 0 Å². The molecule has 3 N–H and O–H groups in total. The number of benzene rings is 1. The van der Waals surface area contributed by atoms with Gasteiger partial charge < -0.3 is 20.7 Å². The summed E-state index contributed by atoms with van der Waals surface area (Å²) >= 11 is 0. The second kappa shape index (κ2) is 10.1. The lowest BCUT2D eigenvalue weighted by molar-refractivity contribution is -0.134. The highest BCUT2D eigenvalue weighted by Crippen LogP contribution is 2.28. The average molecular weight is 442 g/mol. The van der Waals surface area contributed by atoms with Crippen molar-refractivity contribution in [3.63, 3.8) is 0 Å². The molecular weight excluding hydrogens is 417 g/mol. The highest BCUT2D eigenvalue weighted by Gasteiger charge is 2.35. The fraction of sp³-hybridized carbons (Fsp3) is 0.550. The van der Waals surface area contributed by atoms with Crippen molar-refractivity contribution in [3.05, 3.63) is 24.0 Å². The van der Waals surface area contributed by atoms with E-state index in [1.165, 1.54) is 17.0 Å². The van der Waals surface area contributed by atoms with E-state index in [1.807, 2.05) is 0 Å². The first-order valence-electron chi connectivity index (χ1n) is 10.1. The Morgan fingerprint density at radius 3 is 2.61 bits per heavy atom. The maximum atomic E-state index is 14.6. The summed E-state index contributed by atoms with van der Waals surface area (Å²) < 4.78 is 45.8. The standard InChI is InChI=1S/C20H25F3N4O4/c21-14-8-13(27-6-7-31-11-17(27)28)4-5-15(14)25-20(30)18(19(24)29)26(10-16(22)23)9-12-2-1-3-12/h4-5,8,12,16,18H,1-3,6-7,9-11H2,(H2,24,29)(H,25,30)/t18-/m1/s1. The summed E-state index contributed by atoms with van der Waals surface area (Å²) in [6.07, 6.45) is -0.160. The number of hydrogen-bond acceptors (Lipinski definition) is 5. The third kappa shape index (κ3) is 5.73. The summed E-state index contributed by atoms with van der Waals surface area (Å²) in [5.74, 6) is -3.13. The van der Waals surface area contributed by atoms with E-state index in [-0.39, 0.29) is 37.2 Å². The van der Waals surface area contributed by atoms with Gasteiger partial charge in [-0.15, -0.1) is 0 Å². The summed E-state index contributed by atoms with van der Waals surface area (Å²) in [7, 11) is 0. The minimum absolute atomic E-state index is 0.107. The van der Waals surface area contributed by atoms with Gasteiger partial charge in [0, 0.05) is 18.8 Å². The van der Waals surface area contributed by atoms with Gasteiger partial charge in [-0.3, -0.25) is 19.3 Å². The zero-order valence-electron chi connectivity index (χ0n) is 16.9. The van der Waals surface area contributed by atoms with Crippen molar-refractivity contribution in [1.29, 1.82) is 0 Å². The predicted octanol–water partition coefficient (Wildman–Crippen LogP) is 1.35. The number of halogens is 3. The van der Waals surface area contributed by atoms with Crippen molar-refractivity contribution in [2.24, 2.45) is 11.7 Å². The second-order valence-electron chi connectivity index (χ2n) is 7.70. The van der Waals surface area contributed by atoms with Gasteiger partial charge in [-0.2, -0.15) is 0 Å². The number of ether oxygens (including phenoxy) is 1. The predicted molar refractivity (Wildman–Crippen MR) is 106 cm³/mol. The quantitative estimate of drug-likeness (QED) is 0.562. The molecule has 0 spiro atoms. The molecule has 1 heterocycles. The number of hydrogen-bond donors (Lipinski definition) is 2. The summed E-state index contributed by atoms with van der Waals surface area (Å²) in [6, 6.07) is 2.09. The molecule has 1 atom stereocenters. The van der Waals surface area contributed by atoms with E-state index in [2.05, 4.69) is 5.32 Å². The number of primary amides is 1. The SMILES string of the molecule is NC(=O)[C@H](C(=O)Nc1ccc(N2CCOCC2=O)cc1F)N(CC(F)F)CC1CCC1. The van der Waals surface area contributed by atoms with Gasteiger partial charge in [-0.05, 0) is 37.0 Å². The number of nitrogens with one attached hydrogen (secondary N) is 1. The minimum Gasteiger partial charge on any atom is -0.370 e. The van der Waals surface area contributed by atoms with Crippen molar-refractivity contribution in [1.82, 2.24) is 4.90 Å². The Morgan fingerprint density at radius 1 is 1.32 bits per heavy atom. The molecule has 0 radical (unpaired) electrons. The van der Waals surface area contributed by atoms with Crippen LogP contribution in [-0.4, -0.2) is 67.9 Å². The van der Waals surface area contributed by atoms with Gasteiger partial charge >= 0.3 is 0 Å². The third-order valence-corrected chi connectivity index (χ3v) is 5.48. The normalized spacial score (nSPS) is 18.2. The van der Waals surface area contributed by atoms with Crippen LogP contribution in [0.3, 0.4) is 0 Å². The van der Waals surface area contributed by atoms with E-state index < -0.39 is 36.6 Å². The number of nitrogens with zero attached hydrogens (tertiary/aromatic N) is 2. The van der Waals surface area contributed by atoms with Crippen molar-refractivity contribution in [2.75, 3.05) is 43.1 Å². The maximum Gasteiger partial charge on any atom is 0.253 e. The first-order valence-corrected chi connectivity index (χ1v) is 10.1. The summed E-state index contributed by atoms with van der Waals surface area (Å²) in [4.78, 5) is 39.0. The monoisotopic (exact) mass is 442 g/mol. The molecule has 1 aromatic rings. The lowest BCUT2D eigenvalue weighted by Gasteiger charge is -2.35. The number of morpholine rings is 1. The lowest BCUT2D eigenvalue weighted by atomic mass is 9.85. The summed E-state index contributed by atoms with van der Waals surface area (Å²) in [6.45, 7) is -0.198. The summed E-state index contributed by atoms with van der Waals surface area (Å²) in [5, 5.41) is 2.27. The molecule has 2 fully saturated rings. The molecular formula is C20H25F3N4O4. The van der Waals surface area contributed by atoms with Gasteiger partial charge in [0.1, 0.15) is 12.4 Å². The minimum atomic E-state index is -2.77. The molecule has 170 valence electrons. The van der Waals surface area contributed by atoms with Crippen molar-refractivity contribution < 1.29 is 32.3 Å². The van der Waals surface area contributed by atoms with Gasteiger partial charge in [-0.25, -0.2) is 13.2 Å². The van der Waals surface area contributed by atoms with Crippen LogP contribution in [0.1, 0.15) is 19.3 Å². The van der Waals surface area contributed by atoms with Crippen LogP contribution >= 0.6 is 0 Å². The number of alkyl halides is 2. The number of carbonyl (C=O) groups is 3. The number of rotatable bonds is 9. The molecule has 11 heteroatoms. The van der Waals surface area contributed by atoms with E-state index in [9.17, 15) is 27.6 Å². The topological polar surface area (TPSA) is 105 Å². The molecule has 3 rings (SSSR count). The maximum absolute atomic E-state index is 14.6. The van der Waals surface area contributed by atoms with Crippen LogP contribution in [0, 0.1) is 11.7 Å². The molecule has 1 aliphatic carbocycles. The Kier molecular flexibility index (Phi) is 7.50. The van der Waals surface area contributed by atoms with Crippen LogP contribution in [0.5, 0.6) is 0 Å². The summed E-state index contributed by atoms with van der Waals surface area (Å²) in [5.41, 5.74) is 5.38. The lowest BCUT2D eigenvalue weighted by Crippen LogP contribution is -2.55. The van der Waals surface area contributed by atoms with Crippen LogP contribution in [-0.2, 0) is 19.1 Å². The van der Waals surface area contributed by atoms with E-state index in [1.54, 1.807) is 0 Å². The van der Waals surface area contributed by atoms with E-state index in [4.69, 9.17) is 10.5 Å². The molecule has 0 unspecified atom stereocenters. The van der Waals surface area contributed by atoms with Gasteiger partial charge in [0.15, 0.2) is 6.04 Å². The highest BCUT2D eigenvalue weighted by atomic mass is 19.3. The highest BCUT2D eigenvalue weighted by molar-refractivity contribution is 6.09. The molecule has 1 saturated heterocycles. The van der Waals surface area contributed by atoms with Crippen LogP contribution in [0.2, 0.25) is 0 Å². The number of carbonyl (C=O) groups excluding carboxylic acids is 3. The van der Waals surface area contributed by atoms with Crippen LogP contribution in [0.25, 0.3) is 0 Å². The van der Waals surface area contributed by atoms with E-state index in [0.29, 0.717) is 12.3 Å². The fourth-order valence-electron chi connectivity index (χ4n) is 3.71. The largest absolute Gasteiger partial charge is 0.370 e. The van der Waals surface area contributed by atoms with Gasteiger partial charge in [0.05, 0.1) is 18.8 Å². The molecule has 0 aromatic heterocycles. The zero-order chi connectivity index (χ0) is 22.5. The van der Waals surface area contributed by atoms with E-state index in [0.717, 1.165) is 30.2 Å². The smallest absolute Gasteiger partial charge is 0.253 e. The number of amides is 3. The van der Waals surface area contributed by atoms with Gasteiger partial charge in [0.25, 0.3) is 18.2 Å². The second-order valence-corrected chi connectivity index (χ2v) is 7.70. The Bertz CT molecular complexity index is 835. The fourth-order valence-corrected chi connectivity index (χ4v) is 3.71. The van der Waals surface area contributed by atoms with Crippen molar-refractivity contribution in [2.45, 2.75) is 31.7 Å². The van der Waals surface area contributed by atoms with Crippen LogP contribution in [0.4, 0.5) is 24.5 Å². The number of anilines is 2. The Labute approximate surface area is 177 Å². The molecule has 1 aromatic carbocycles. The first-order chi connectivity index (χ1) is 14.8. The molecule has 31 heavy (non-hydrogen) atoms. The molecule has 2 aliphatic rings. The zero-order valence-corrected chi connectivity index (χ0v) is 16.9. The molecule has 0 bridgehead atoms. The van der Waals surface area contributed by atoms with Crippen LogP contribution < -0.4 is 16.0 Å². The van der Waals surface area contributed by atoms with Crippen molar-refractivity contribution in [3.8, 4) is 0 Å². The van der Waals surface area contributed by atoms with Gasteiger partial charge in [-0.1, -0.05) is 6.42 Å². The molecule has 1 saturated carbocycles. The Hall–Kier alpha value is -2.66. The number of nitrogens with two attached hydrogens (primary N) is 1. The Balaban J connectivity index is 1.74. The third-order valence-electron chi connectivity index (χ3n) is 5.48. The Morgan fingerprint density at radius 2 is 2.06 bits per heavy atom. The van der Waals surface area contributed by atoms with Gasteiger partial charge in [0.2, 0.25) is 5.91 Å².